The summed E-state index contributed by atoms with van der Waals surface area (Å²) in [4.78, 5) is 11.8. The first-order valence-corrected chi connectivity index (χ1v) is 10.8. The minimum absolute atomic E-state index is 0.142. The molecule has 0 bridgehead atoms. The van der Waals surface area contributed by atoms with E-state index in [9.17, 15) is 4.79 Å². The van der Waals surface area contributed by atoms with Crippen LogP contribution < -0.4 is 14.9 Å². The molecule has 0 unspecified atom stereocenters. The summed E-state index contributed by atoms with van der Waals surface area (Å²) in [6.07, 6.45) is 1.55. The topological polar surface area (TPSA) is 59.9 Å². The van der Waals surface area contributed by atoms with Crippen molar-refractivity contribution in [3.8, 4) is 11.5 Å². The summed E-state index contributed by atoms with van der Waals surface area (Å²) in [5.74, 6) is 0.938. The van der Waals surface area contributed by atoms with Crippen LogP contribution in [0, 0.1) is 0 Å². The molecule has 154 valence electrons. The molecule has 0 saturated carbocycles. The molecule has 0 aromatic heterocycles. The fourth-order valence-corrected chi connectivity index (χ4v) is 3.63. The van der Waals surface area contributed by atoms with Crippen molar-refractivity contribution >= 4 is 55.6 Å². The molecule has 0 aliphatic heterocycles. The molecule has 0 fully saturated rings. The Labute approximate surface area is 196 Å². The van der Waals surface area contributed by atoms with Crippen molar-refractivity contribution in [3.63, 3.8) is 0 Å². The molecule has 0 heterocycles. The maximum absolute atomic E-state index is 11.8. The van der Waals surface area contributed by atoms with Gasteiger partial charge in [0.2, 0.25) is 0 Å². The number of ether oxygens (including phenoxy) is 2. The van der Waals surface area contributed by atoms with Crippen LogP contribution in [0.15, 0.2) is 80.8 Å². The number of amides is 1. The van der Waals surface area contributed by atoms with Gasteiger partial charge in [-0.05, 0) is 66.2 Å². The van der Waals surface area contributed by atoms with Gasteiger partial charge in [-0.25, -0.2) is 5.43 Å². The van der Waals surface area contributed by atoms with Crippen molar-refractivity contribution in [2.45, 2.75) is 6.61 Å². The second kappa shape index (κ2) is 11.2. The predicted octanol–water partition coefficient (Wildman–Crippen LogP) is 5.97. The zero-order valence-electron chi connectivity index (χ0n) is 15.6. The van der Waals surface area contributed by atoms with Crippen molar-refractivity contribution < 1.29 is 14.3 Å². The molecule has 3 aromatic carbocycles. The molecule has 3 rings (SSSR count). The SMILES string of the molecule is O=C(COc1ccc(Cl)cc1)N/N=C\c1ccc(OCc2ccc(Br)cc2Br)cc1. The molecule has 1 N–H and O–H groups in total. The Morgan fingerprint density at radius 3 is 2.33 bits per heavy atom. The fourth-order valence-electron chi connectivity index (χ4n) is 2.34. The molecular formula is C22H17Br2ClN2O3. The summed E-state index contributed by atoms with van der Waals surface area (Å²) >= 11 is 12.8. The third-order valence-electron chi connectivity index (χ3n) is 3.88. The largest absolute Gasteiger partial charge is 0.489 e. The van der Waals surface area contributed by atoms with Gasteiger partial charge in [0, 0.05) is 19.5 Å². The van der Waals surface area contributed by atoms with Gasteiger partial charge in [-0.2, -0.15) is 5.10 Å². The van der Waals surface area contributed by atoms with Gasteiger partial charge in [0.1, 0.15) is 18.1 Å². The van der Waals surface area contributed by atoms with Gasteiger partial charge in [0.05, 0.1) is 6.21 Å². The van der Waals surface area contributed by atoms with E-state index in [-0.39, 0.29) is 12.5 Å². The number of hydrazone groups is 1. The van der Waals surface area contributed by atoms with Crippen LogP contribution in [-0.4, -0.2) is 18.7 Å². The lowest BCUT2D eigenvalue weighted by atomic mass is 10.2. The van der Waals surface area contributed by atoms with Crippen LogP contribution in [0.3, 0.4) is 0 Å². The van der Waals surface area contributed by atoms with Gasteiger partial charge >= 0.3 is 0 Å². The maximum atomic E-state index is 11.8. The number of hydrogen-bond donors (Lipinski definition) is 1. The zero-order valence-corrected chi connectivity index (χ0v) is 19.6. The summed E-state index contributed by atoms with van der Waals surface area (Å²) in [5.41, 5.74) is 4.30. The molecule has 5 nitrogen and oxygen atoms in total. The highest BCUT2D eigenvalue weighted by atomic mass is 79.9. The second-order valence-corrected chi connectivity index (χ2v) is 8.34. The minimum atomic E-state index is -0.360. The average Bonchev–Trinajstić information content (AvgIpc) is 2.74. The smallest absolute Gasteiger partial charge is 0.277 e. The van der Waals surface area contributed by atoms with E-state index >= 15 is 0 Å². The summed E-state index contributed by atoms with van der Waals surface area (Å²) in [5, 5.41) is 4.54. The highest BCUT2D eigenvalue weighted by Crippen LogP contribution is 2.23. The summed E-state index contributed by atoms with van der Waals surface area (Å²) < 4.78 is 13.1. The van der Waals surface area contributed by atoms with Gasteiger partial charge in [0.25, 0.3) is 5.91 Å². The van der Waals surface area contributed by atoms with Crippen molar-refractivity contribution in [1.29, 1.82) is 0 Å². The van der Waals surface area contributed by atoms with Crippen LogP contribution in [0.1, 0.15) is 11.1 Å². The fraction of sp³-hybridized carbons (Fsp3) is 0.0909. The summed E-state index contributed by atoms with van der Waals surface area (Å²) in [6, 6.07) is 20.1. The van der Waals surface area contributed by atoms with E-state index < -0.39 is 0 Å². The molecule has 0 radical (unpaired) electrons. The van der Waals surface area contributed by atoms with Crippen molar-refractivity contribution in [1.82, 2.24) is 5.43 Å². The summed E-state index contributed by atoms with van der Waals surface area (Å²) in [7, 11) is 0. The Balaban J connectivity index is 1.43. The second-order valence-electron chi connectivity index (χ2n) is 6.13. The van der Waals surface area contributed by atoms with E-state index in [1.807, 2.05) is 42.5 Å². The van der Waals surface area contributed by atoms with Crippen LogP contribution in [0.25, 0.3) is 0 Å². The normalized spacial score (nSPS) is 10.8. The number of rotatable bonds is 8. The number of halogens is 3. The van der Waals surface area contributed by atoms with Crippen LogP contribution in [0.5, 0.6) is 11.5 Å². The van der Waals surface area contributed by atoms with Gasteiger partial charge in [-0.1, -0.05) is 49.5 Å². The van der Waals surface area contributed by atoms with Gasteiger partial charge in [-0.15, -0.1) is 0 Å². The van der Waals surface area contributed by atoms with Gasteiger partial charge in [0.15, 0.2) is 6.61 Å². The van der Waals surface area contributed by atoms with E-state index in [4.69, 9.17) is 21.1 Å². The van der Waals surface area contributed by atoms with Crippen LogP contribution in [0.4, 0.5) is 0 Å². The lowest BCUT2D eigenvalue weighted by molar-refractivity contribution is -0.123. The first-order valence-electron chi connectivity index (χ1n) is 8.87. The molecule has 0 atom stereocenters. The third-order valence-corrected chi connectivity index (χ3v) is 5.36. The van der Waals surface area contributed by atoms with Gasteiger partial charge in [-0.3, -0.25) is 4.79 Å². The first-order chi connectivity index (χ1) is 14.5. The Kier molecular flexibility index (Phi) is 8.30. The van der Waals surface area contributed by atoms with Crippen LogP contribution in [0.2, 0.25) is 5.02 Å². The highest BCUT2D eigenvalue weighted by Gasteiger charge is 2.03. The van der Waals surface area contributed by atoms with E-state index in [2.05, 4.69) is 42.4 Å². The predicted molar refractivity (Wildman–Crippen MR) is 125 cm³/mol. The van der Waals surface area contributed by atoms with Crippen LogP contribution >= 0.6 is 43.5 Å². The molecule has 1 amide bonds. The third kappa shape index (κ3) is 7.16. The quantitative estimate of drug-likeness (QED) is 0.277. The molecular weight excluding hydrogens is 536 g/mol. The summed E-state index contributed by atoms with van der Waals surface area (Å²) in [6.45, 7) is 0.308. The number of hydrogen-bond acceptors (Lipinski definition) is 4. The number of nitrogens with one attached hydrogen (secondary N) is 1. The van der Waals surface area contributed by atoms with Gasteiger partial charge < -0.3 is 9.47 Å². The van der Waals surface area contributed by atoms with Crippen LogP contribution in [-0.2, 0) is 11.4 Å². The standard InChI is InChI=1S/C22H17Br2ClN2O3/c23-17-4-3-16(21(24)11-17)13-29-19-7-1-15(2-8-19)12-26-27-22(28)14-30-20-9-5-18(25)6-10-20/h1-12H,13-14H2,(H,27,28)/b26-12-. The Morgan fingerprint density at radius 2 is 1.63 bits per heavy atom. The van der Waals surface area contributed by atoms with E-state index in [1.165, 1.54) is 0 Å². The van der Waals surface area contributed by atoms with Crippen molar-refractivity contribution in [2.75, 3.05) is 6.61 Å². The Morgan fingerprint density at radius 1 is 0.967 bits per heavy atom. The maximum Gasteiger partial charge on any atom is 0.277 e. The molecule has 30 heavy (non-hydrogen) atoms. The Hall–Kier alpha value is -2.35. The van der Waals surface area contributed by atoms with E-state index in [1.54, 1.807) is 30.5 Å². The molecule has 0 spiro atoms. The minimum Gasteiger partial charge on any atom is -0.489 e. The molecule has 3 aromatic rings. The van der Waals surface area contributed by atoms with Crippen molar-refractivity contribution in [2.24, 2.45) is 5.10 Å². The molecule has 0 aliphatic carbocycles. The highest BCUT2D eigenvalue weighted by molar-refractivity contribution is 9.11. The Bertz CT molecular complexity index is 1030. The zero-order chi connectivity index (χ0) is 21.3. The monoisotopic (exact) mass is 550 g/mol. The average molecular weight is 553 g/mol. The number of nitrogens with zero attached hydrogens (tertiary/aromatic N) is 1. The molecule has 0 saturated heterocycles. The van der Waals surface area contributed by atoms with E-state index in [0.717, 1.165) is 25.8 Å². The van der Waals surface area contributed by atoms with Crippen molar-refractivity contribution in [3.05, 3.63) is 91.8 Å². The number of benzene rings is 3. The number of carbonyl (C=O) groups excluding carboxylic acids is 1. The lowest BCUT2D eigenvalue weighted by Crippen LogP contribution is -2.24. The lowest BCUT2D eigenvalue weighted by Gasteiger charge is -2.08. The molecule has 0 aliphatic rings. The number of carbonyl (C=O) groups is 1. The molecule has 8 heteroatoms. The first kappa shape index (κ1) is 22.3. The van der Waals surface area contributed by atoms with E-state index in [0.29, 0.717) is 17.4 Å².